The third-order valence-electron chi connectivity index (χ3n) is 4.58. The van der Waals surface area contributed by atoms with Gasteiger partial charge in [0.1, 0.15) is 29.2 Å². The van der Waals surface area contributed by atoms with Crippen LogP contribution in [0, 0.1) is 0 Å². The van der Waals surface area contributed by atoms with Crippen molar-refractivity contribution in [1.29, 1.82) is 0 Å². The number of β-lactam (4-membered cyclic amide) rings is 1. The number of carboxylic acids is 1. The largest absolute Gasteiger partial charge is 0.477 e. The number of carboxylic acid groups (broad SMARTS) is 1. The average molecular weight is 466 g/mol. The Morgan fingerprint density at radius 1 is 1.43 bits per heavy atom. The molecule has 30 heavy (non-hydrogen) atoms. The molecule has 13 heteroatoms. The third kappa shape index (κ3) is 3.87. The van der Waals surface area contributed by atoms with Gasteiger partial charge in [0.25, 0.3) is 5.91 Å². The molecule has 0 aromatic carbocycles. The lowest BCUT2D eigenvalue weighted by Crippen LogP contribution is -2.70. The van der Waals surface area contributed by atoms with Gasteiger partial charge in [-0.15, -0.1) is 22.0 Å². The third-order valence-corrected chi connectivity index (χ3v) is 7.86. The van der Waals surface area contributed by atoms with E-state index in [1.807, 2.05) is 0 Å². The van der Waals surface area contributed by atoms with Crippen LogP contribution < -0.4 is 5.32 Å². The van der Waals surface area contributed by atoms with Crippen molar-refractivity contribution in [1.82, 2.24) is 25.0 Å². The van der Waals surface area contributed by atoms with E-state index in [-0.39, 0.29) is 12.2 Å². The lowest BCUT2D eigenvalue weighted by atomic mass is 10.0. The van der Waals surface area contributed by atoms with Crippen molar-refractivity contribution in [3.63, 3.8) is 0 Å². The molecule has 2 amide bonds. The number of hydrogen-bond acceptors (Lipinski definition) is 9. The van der Waals surface area contributed by atoms with Gasteiger partial charge in [0.05, 0.1) is 5.69 Å². The van der Waals surface area contributed by atoms with Crippen molar-refractivity contribution in [3.8, 4) is 0 Å². The first-order valence-electron chi connectivity index (χ1n) is 8.68. The van der Waals surface area contributed by atoms with Gasteiger partial charge in [-0.05, 0) is 17.7 Å². The van der Waals surface area contributed by atoms with E-state index in [9.17, 15) is 24.3 Å². The SMILES string of the molecule is O=Cc1cccn1CC(=O)NC1C(=O)N2C(C(=O)O)=C(CSc3nncs3)CSC12. The van der Waals surface area contributed by atoms with Crippen molar-refractivity contribution < 1.29 is 24.3 Å². The summed E-state index contributed by atoms with van der Waals surface area (Å²) < 4.78 is 2.20. The molecule has 0 spiro atoms. The van der Waals surface area contributed by atoms with Crippen molar-refractivity contribution in [2.75, 3.05) is 11.5 Å². The number of fused-ring (bicyclic) bond motifs is 1. The molecule has 0 aliphatic carbocycles. The molecular weight excluding hydrogens is 450 g/mol. The second-order valence-electron chi connectivity index (χ2n) is 6.38. The standard InChI is InChI=1S/C17H15N5O5S3/c23-5-10-2-1-3-21(10)4-11(24)19-12-14(25)22-13(16(26)27)9(6-28-15(12)22)7-29-17-20-18-8-30-17/h1-3,5,8,12,15H,4,6-7H2,(H,19,24)(H,26,27). The molecule has 1 saturated heterocycles. The highest BCUT2D eigenvalue weighted by molar-refractivity contribution is 8.01. The summed E-state index contributed by atoms with van der Waals surface area (Å²) >= 11 is 4.14. The summed E-state index contributed by atoms with van der Waals surface area (Å²) in [5.41, 5.74) is 2.55. The molecule has 10 nitrogen and oxygen atoms in total. The van der Waals surface area contributed by atoms with Crippen LogP contribution in [-0.2, 0) is 20.9 Å². The Hall–Kier alpha value is -2.64. The molecule has 2 atom stereocenters. The van der Waals surface area contributed by atoms with E-state index in [0.717, 1.165) is 4.34 Å². The maximum absolute atomic E-state index is 12.7. The van der Waals surface area contributed by atoms with E-state index in [1.165, 1.54) is 44.3 Å². The summed E-state index contributed by atoms with van der Waals surface area (Å²) in [7, 11) is 0. The number of thioether (sulfide) groups is 2. The molecule has 2 aliphatic heterocycles. The zero-order valence-corrected chi connectivity index (χ0v) is 17.7. The Balaban J connectivity index is 1.43. The Labute approximate surface area is 182 Å². The van der Waals surface area contributed by atoms with Crippen molar-refractivity contribution in [2.45, 2.75) is 22.3 Å². The van der Waals surface area contributed by atoms with Crippen molar-refractivity contribution >= 4 is 58.9 Å². The molecule has 156 valence electrons. The Kier molecular flexibility index (Phi) is 5.92. The predicted molar refractivity (Wildman–Crippen MR) is 110 cm³/mol. The summed E-state index contributed by atoms with van der Waals surface area (Å²) in [6.45, 7) is -0.104. The molecule has 4 rings (SSSR count). The molecule has 1 fully saturated rings. The lowest BCUT2D eigenvalue weighted by Gasteiger charge is -2.49. The average Bonchev–Trinajstić information content (AvgIpc) is 3.41. The highest BCUT2D eigenvalue weighted by Gasteiger charge is 2.54. The first-order valence-corrected chi connectivity index (χ1v) is 11.6. The minimum Gasteiger partial charge on any atom is -0.477 e. The fourth-order valence-corrected chi connectivity index (χ4v) is 6.19. The van der Waals surface area contributed by atoms with Crippen molar-refractivity contribution in [3.05, 3.63) is 40.8 Å². The van der Waals surface area contributed by atoms with Crippen LogP contribution in [0.1, 0.15) is 10.5 Å². The lowest BCUT2D eigenvalue weighted by molar-refractivity contribution is -0.150. The van der Waals surface area contributed by atoms with E-state index in [2.05, 4.69) is 15.5 Å². The Bertz CT molecular complexity index is 1030. The number of amides is 2. The number of hydrogen-bond donors (Lipinski definition) is 2. The van der Waals surface area contributed by atoms with Gasteiger partial charge in [0.15, 0.2) is 10.6 Å². The fraction of sp³-hybridized carbons (Fsp3) is 0.294. The summed E-state index contributed by atoms with van der Waals surface area (Å²) in [6.07, 6.45) is 2.24. The predicted octanol–water partition coefficient (Wildman–Crippen LogP) is 0.683. The number of nitrogens with one attached hydrogen (secondary N) is 1. The summed E-state index contributed by atoms with van der Waals surface area (Å²) in [5.74, 6) is -1.24. The molecule has 2 aromatic heterocycles. The van der Waals surface area contributed by atoms with E-state index in [0.29, 0.717) is 29.1 Å². The molecule has 2 N–H and O–H groups in total. The number of aromatic nitrogens is 3. The Morgan fingerprint density at radius 2 is 2.27 bits per heavy atom. The van der Waals surface area contributed by atoms with Crippen LogP contribution in [0.5, 0.6) is 0 Å². The molecule has 2 aliphatic rings. The van der Waals surface area contributed by atoms with Crippen LogP contribution in [0.25, 0.3) is 0 Å². The van der Waals surface area contributed by atoms with E-state index in [4.69, 9.17) is 0 Å². The van der Waals surface area contributed by atoms with Crippen LogP contribution in [0.4, 0.5) is 0 Å². The normalized spacial score (nSPS) is 20.5. The minimum absolute atomic E-state index is 0.0279. The van der Waals surface area contributed by atoms with Gasteiger partial charge >= 0.3 is 5.97 Å². The quantitative estimate of drug-likeness (QED) is 0.328. The maximum atomic E-state index is 12.7. The highest BCUT2D eigenvalue weighted by atomic mass is 32.2. The van der Waals surface area contributed by atoms with Crippen LogP contribution in [0.3, 0.4) is 0 Å². The van der Waals surface area contributed by atoms with Crippen LogP contribution in [0.2, 0.25) is 0 Å². The van der Waals surface area contributed by atoms with Gasteiger partial charge < -0.3 is 15.0 Å². The van der Waals surface area contributed by atoms with Gasteiger partial charge in [-0.1, -0.05) is 23.1 Å². The Morgan fingerprint density at radius 3 is 2.97 bits per heavy atom. The molecular formula is C17H15N5O5S3. The number of aldehydes is 1. The van der Waals surface area contributed by atoms with Gasteiger partial charge in [-0.25, -0.2) is 4.79 Å². The molecule has 0 bridgehead atoms. The zero-order chi connectivity index (χ0) is 21.3. The van der Waals surface area contributed by atoms with E-state index in [1.54, 1.807) is 23.8 Å². The second-order valence-corrected chi connectivity index (χ2v) is 9.55. The second kappa shape index (κ2) is 8.62. The van der Waals surface area contributed by atoms with Gasteiger partial charge in [0.2, 0.25) is 5.91 Å². The summed E-state index contributed by atoms with van der Waals surface area (Å²) in [4.78, 5) is 49.1. The molecule has 2 aromatic rings. The first-order chi connectivity index (χ1) is 14.5. The van der Waals surface area contributed by atoms with Crippen molar-refractivity contribution in [2.24, 2.45) is 0 Å². The smallest absolute Gasteiger partial charge is 0.352 e. The number of rotatable bonds is 8. The molecule has 4 heterocycles. The van der Waals surface area contributed by atoms with E-state index >= 15 is 0 Å². The summed E-state index contributed by atoms with van der Waals surface area (Å²) in [6, 6.07) is 2.43. The van der Waals surface area contributed by atoms with Gasteiger partial charge in [-0.3, -0.25) is 19.3 Å². The first kappa shape index (κ1) is 20.6. The van der Waals surface area contributed by atoms with Crippen LogP contribution in [0.15, 0.2) is 39.4 Å². The van der Waals surface area contributed by atoms with Crippen LogP contribution in [-0.4, -0.2) is 71.8 Å². The van der Waals surface area contributed by atoms with E-state index < -0.39 is 29.2 Å². The number of nitrogens with zero attached hydrogens (tertiary/aromatic N) is 4. The van der Waals surface area contributed by atoms with Gasteiger partial charge in [0, 0.05) is 17.7 Å². The number of aliphatic carboxylic acids is 1. The monoisotopic (exact) mass is 465 g/mol. The summed E-state index contributed by atoms with van der Waals surface area (Å²) in [5, 5.41) is 19.5. The number of carbonyl (C=O) groups excluding carboxylic acids is 3. The maximum Gasteiger partial charge on any atom is 0.352 e. The molecule has 0 radical (unpaired) electrons. The zero-order valence-electron chi connectivity index (χ0n) is 15.3. The highest BCUT2D eigenvalue weighted by Crippen LogP contribution is 2.41. The van der Waals surface area contributed by atoms with Crippen LogP contribution >= 0.6 is 34.9 Å². The topological polar surface area (TPSA) is 134 Å². The fourth-order valence-electron chi connectivity index (χ4n) is 3.22. The van der Waals surface area contributed by atoms with Gasteiger partial charge in [-0.2, -0.15) is 0 Å². The number of carbonyl (C=O) groups is 4. The minimum atomic E-state index is -1.17. The molecule has 2 unspecified atom stereocenters. The molecule has 0 saturated carbocycles.